The largest absolute Gasteiger partial charge is 0.384 e. The van der Waals surface area contributed by atoms with Gasteiger partial charge >= 0.3 is 10.1 Å². The van der Waals surface area contributed by atoms with Crippen LogP contribution in [0.15, 0.2) is 59.7 Å². The second kappa shape index (κ2) is 6.10. The van der Waals surface area contributed by atoms with Crippen LogP contribution >= 0.6 is 0 Å². The zero-order valence-corrected chi connectivity index (χ0v) is 12.5. The summed E-state index contributed by atoms with van der Waals surface area (Å²) >= 11 is 0. The monoisotopic (exact) mass is 306 g/mol. The molecule has 0 radical (unpaired) electrons. The molecule has 0 fully saturated rings. The van der Waals surface area contributed by atoms with E-state index in [1.54, 1.807) is 36.4 Å². The van der Waals surface area contributed by atoms with Crippen LogP contribution in [0.1, 0.15) is 16.7 Å². The van der Waals surface area contributed by atoms with Gasteiger partial charge in [-0.25, -0.2) is 4.39 Å². The van der Waals surface area contributed by atoms with Gasteiger partial charge in [-0.05, 0) is 26.0 Å². The Morgan fingerprint density at radius 2 is 1.43 bits per heavy atom. The first kappa shape index (κ1) is 15.3. The van der Waals surface area contributed by atoms with Crippen LogP contribution < -0.4 is 0 Å². The predicted octanol–water partition coefficient (Wildman–Crippen LogP) is 3.98. The lowest BCUT2D eigenvalue weighted by Gasteiger charge is -2.04. The molecule has 0 aliphatic rings. The maximum atomic E-state index is 13.8. The van der Waals surface area contributed by atoms with E-state index in [-0.39, 0.29) is 10.5 Å². The van der Waals surface area contributed by atoms with E-state index in [9.17, 15) is 12.8 Å². The SMILES string of the molecule is Cc1ccc(/C(F)=C/OS(=O)(=O)c2ccc(C)cc2)cc1. The molecule has 0 spiro atoms. The quantitative estimate of drug-likeness (QED) is 0.634. The molecule has 0 aromatic heterocycles. The molecule has 0 unspecified atom stereocenters. The van der Waals surface area contributed by atoms with Crippen molar-refractivity contribution >= 4 is 15.9 Å². The molecule has 2 rings (SSSR count). The van der Waals surface area contributed by atoms with Crippen molar-refractivity contribution in [2.24, 2.45) is 0 Å². The predicted molar refractivity (Wildman–Crippen MR) is 79.7 cm³/mol. The van der Waals surface area contributed by atoms with Gasteiger partial charge in [-0.3, -0.25) is 0 Å². The number of aryl methyl sites for hydroxylation is 2. The van der Waals surface area contributed by atoms with Gasteiger partial charge in [0.05, 0.1) is 0 Å². The van der Waals surface area contributed by atoms with Gasteiger partial charge in [-0.2, -0.15) is 8.42 Å². The van der Waals surface area contributed by atoms with E-state index < -0.39 is 15.9 Å². The number of hydrogen-bond acceptors (Lipinski definition) is 3. The summed E-state index contributed by atoms with van der Waals surface area (Å²) in [5.41, 5.74) is 2.18. The van der Waals surface area contributed by atoms with Gasteiger partial charge in [0.2, 0.25) is 0 Å². The van der Waals surface area contributed by atoms with E-state index in [1.165, 1.54) is 12.1 Å². The first-order chi connectivity index (χ1) is 9.88. The Hall–Kier alpha value is -2.14. The Bertz CT molecular complexity index is 745. The molecule has 5 heteroatoms. The number of rotatable bonds is 4. The standard InChI is InChI=1S/C16H15FO3S/c1-12-3-7-14(8-4-12)16(17)11-20-21(18,19)15-9-5-13(2)6-10-15/h3-11H,1-2H3/b16-11-. The number of halogens is 1. The molecule has 0 saturated heterocycles. The summed E-state index contributed by atoms with van der Waals surface area (Å²) in [6, 6.07) is 12.7. The third-order valence-corrected chi connectivity index (χ3v) is 4.11. The maximum Gasteiger partial charge on any atom is 0.338 e. The number of hydrogen-bond donors (Lipinski definition) is 0. The molecule has 0 amide bonds. The molecule has 0 aliphatic carbocycles. The van der Waals surface area contributed by atoms with E-state index >= 15 is 0 Å². The van der Waals surface area contributed by atoms with Crippen molar-refractivity contribution in [1.29, 1.82) is 0 Å². The molecule has 0 bridgehead atoms. The average molecular weight is 306 g/mol. The van der Waals surface area contributed by atoms with Crippen LogP contribution in [0.2, 0.25) is 0 Å². The highest BCUT2D eigenvalue weighted by molar-refractivity contribution is 7.86. The average Bonchev–Trinajstić information content (AvgIpc) is 2.46. The fraction of sp³-hybridized carbons (Fsp3) is 0.125. The van der Waals surface area contributed by atoms with Gasteiger partial charge in [-0.15, -0.1) is 0 Å². The molecule has 0 atom stereocenters. The fourth-order valence-electron chi connectivity index (χ4n) is 1.65. The second-order valence-electron chi connectivity index (χ2n) is 4.70. The summed E-state index contributed by atoms with van der Waals surface area (Å²) < 4.78 is 42.3. The Labute approximate surface area is 123 Å². The third kappa shape index (κ3) is 3.92. The van der Waals surface area contributed by atoms with E-state index in [2.05, 4.69) is 4.18 Å². The highest BCUT2D eigenvalue weighted by Gasteiger charge is 2.14. The summed E-state index contributed by atoms with van der Waals surface area (Å²) in [7, 11) is -4.00. The van der Waals surface area contributed by atoms with Crippen LogP contribution in [0, 0.1) is 13.8 Å². The minimum absolute atomic E-state index is 0.0129. The summed E-state index contributed by atoms with van der Waals surface area (Å²) in [4.78, 5) is -0.0129. The lowest BCUT2D eigenvalue weighted by Crippen LogP contribution is -2.02. The van der Waals surface area contributed by atoms with Crippen molar-refractivity contribution < 1.29 is 17.0 Å². The summed E-state index contributed by atoms with van der Waals surface area (Å²) in [6.07, 6.45) is 0.611. The Kier molecular flexibility index (Phi) is 4.43. The summed E-state index contributed by atoms with van der Waals surface area (Å²) in [6.45, 7) is 3.72. The van der Waals surface area contributed by atoms with Crippen molar-refractivity contribution in [3.8, 4) is 0 Å². The molecule has 2 aromatic rings. The normalized spacial score (nSPS) is 12.2. The van der Waals surface area contributed by atoms with Crippen LogP contribution in [0.4, 0.5) is 4.39 Å². The minimum atomic E-state index is -4.00. The van der Waals surface area contributed by atoms with Gasteiger partial charge in [0.25, 0.3) is 0 Å². The highest BCUT2D eigenvalue weighted by atomic mass is 32.2. The first-order valence-electron chi connectivity index (χ1n) is 6.31. The smallest absolute Gasteiger partial charge is 0.338 e. The van der Waals surface area contributed by atoms with Crippen molar-refractivity contribution in [2.45, 2.75) is 18.7 Å². The van der Waals surface area contributed by atoms with Crippen LogP contribution in [0.25, 0.3) is 5.83 Å². The topological polar surface area (TPSA) is 43.4 Å². The van der Waals surface area contributed by atoms with Crippen LogP contribution in [0.5, 0.6) is 0 Å². The molecule has 0 heterocycles. The maximum absolute atomic E-state index is 13.8. The van der Waals surface area contributed by atoms with E-state index in [0.717, 1.165) is 11.1 Å². The molecule has 0 saturated carbocycles. The lowest BCUT2D eigenvalue weighted by molar-refractivity contribution is 0.439. The zero-order chi connectivity index (χ0) is 15.5. The Balaban J connectivity index is 2.18. The lowest BCUT2D eigenvalue weighted by atomic mass is 10.1. The molecule has 2 aromatic carbocycles. The van der Waals surface area contributed by atoms with Crippen molar-refractivity contribution in [2.75, 3.05) is 0 Å². The van der Waals surface area contributed by atoms with E-state index in [4.69, 9.17) is 0 Å². The summed E-state index contributed by atoms with van der Waals surface area (Å²) in [5, 5.41) is 0. The van der Waals surface area contributed by atoms with Gasteiger partial charge in [-0.1, -0.05) is 47.5 Å². The highest BCUT2D eigenvalue weighted by Crippen LogP contribution is 2.19. The molecular weight excluding hydrogens is 291 g/mol. The molecule has 0 N–H and O–H groups in total. The first-order valence-corrected chi connectivity index (χ1v) is 7.72. The third-order valence-electron chi connectivity index (χ3n) is 2.92. The van der Waals surface area contributed by atoms with Crippen molar-refractivity contribution in [1.82, 2.24) is 0 Å². The van der Waals surface area contributed by atoms with Gasteiger partial charge in [0.15, 0.2) is 5.83 Å². The molecule has 21 heavy (non-hydrogen) atoms. The van der Waals surface area contributed by atoms with Crippen LogP contribution in [0.3, 0.4) is 0 Å². The molecule has 0 aliphatic heterocycles. The van der Waals surface area contributed by atoms with Crippen molar-refractivity contribution in [3.05, 3.63) is 71.5 Å². The van der Waals surface area contributed by atoms with Gasteiger partial charge in [0, 0.05) is 5.56 Å². The molecular formula is C16H15FO3S. The van der Waals surface area contributed by atoms with E-state index in [1.807, 2.05) is 13.8 Å². The second-order valence-corrected chi connectivity index (χ2v) is 6.27. The van der Waals surface area contributed by atoms with Crippen molar-refractivity contribution in [3.63, 3.8) is 0 Å². The molecule has 3 nitrogen and oxygen atoms in total. The van der Waals surface area contributed by atoms with Crippen LogP contribution in [-0.4, -0.2) is 8.42 Å². The molecule has 110 valence electrons. The minimum Gasteiger partial charge on any atom is -0.384 e. The Morgan fingerprint density at radius 3 is 1.95 bits per heavy atom. The van der Waals surface area contributed by atoms with Crippen LogP contribution in [-0.2, 0) is 14.3 Å². The number of benzene rings is 2. The zero-order valence-electron chi connectivity index (χ0n) is 11.7. The Morgan fingerprint density at radius 1 is 0.952 bits per heavy atom. The van der Waals surface area contributed by atoms with E-state index in [0.29, 0.717) is 6.26 Å². The van der Waals surface area contributed by atoms with Gasteiger partial charge in [0.1, 0.15) is 11.2 Å². The van der Waals surface area contributed by atoms with Gasteiger partial charge < -0.3 is 4.18 Å². The fourth-order valence-corrected chi connectivity index (χ4v) is 2.44. The summed E-state index contributed by atoms with van der Waals surface area (Å²) in [5.74, 6) is -0.745.